The molecule has 0 aliphatic rings. The summed E-state index contributed by atoms with van der Waals surface area (Å²) in [4.78, 5) is 0. The molecule has 0 aromatic rings. The minimum absolute atomic E-state index is 0.701. The van der Waals surface area contributed by atoms with Crippen LogP contribution in [0.25, 0.3) is 0 Å². The van der Waals surface area contributed by atoms with Gasteiger partial charge in [0.05, 0.1) is 0 Å². The highest BCUT2D eigenvalue weighted by Crippen LogP contribution is 2.20. The lowest BCUT2D eigenvalue weighted by molar-refractivity contribution is 0.434. The zero-order chi connectivity index (χ0) is 15.5. The molecule has 3 nitrogen and oxygen atoms in total. The average molecular weight is 327 g/mol. The lowest BCUT2D eigenvalue weighted by atomic mass is 10.1. The molecule has 0 radical (unpaired) electrons. The Morgan fingerprint density at radius 1 is 0.850 bits per heavy atom. The smallest absolute Gasteiger partial charge is 0.291 e. The number of rotatable bonds is 13. The summed E-state index contributed by atoms with van der Waals surface area (Å²) >= 11 is 0. The fraction of sp³-hybridized carbons (Fsp3) is 1.00. The highest BCUT2D eigenvalue weighted by Gasteiger charge is 2.28. The average Bonchev–Trinajstić information content (AvgIpc) is 2.28. The van der Waals surface area contributed by atoms with Gasteiger partial charge >= 0.3 is 10.5 Å². The predicted molar refractivity (Wildman–Crippen MR) is 85.2 cm³/mol. The molecule has 0 rings (SSSR count). The molecule has 0 aliphatic carbocycles. The van der Waals surface area contributed by atoms with Crippen molar-refractivity contribution in [3.8, 4) is 0 Å². The van der Waals surface area contributed by atoms with Crippen LogP contribution in [-0.2, 0) is 14.4 Å². The van der Waals surface area contributed by atoms with Crippen LogP contribution in [0.15, 0.2) is 0 Å². The number of hydrogen-bond donors (Lipinski definition) is 0. The molecular formula is C14H31FO3SSi. The van der Waals surface area contributed by atoms with E-state index in [1.54, 1.807) is 13.1 Å². The molecule has 0 amide bonds. The van der Waals surface area contributed by atoms with Gasteiger partial charge in [-0.3, -0.25) is 3.87 Å². The van der Waals surface area contributed by atoms with Crippen molar-refractivity contribution in [2.75, 3.05) is 0 Å². The van der Waals surface area contributed by atoms with Crippen LogP contribution in [-0.4, -0.2) is 16.7 Å². The third-order valence-corrected chi connectivity index (χ3v) is 7.62. The summed E-state index contributed by atoms with van der Waals surface area (Å²) in [6, 6.07) is 0.701. The first kappa shape index (κ1) is 20.1. The Morgan fingerprint density at radius 3 is 1.65 bits per heavy atom. The molecule has 0 unspecified atom stereocenters. The topological polar surface area (TPSA) is 43.4 Å². The lowest BCUT2D eigenvalue weighted by Crippen LogP contribution is -2.31. The minimum Gasteiger partial charge on any atom is -0.291 e. The minimum atomic E-state index is -4.78. The second kappa shape index (κ2) is 10.7. The molecule has 0 aliphatic heterocycles. The molecule has 0 atom stereocenters. The van der Waals surface area contributed by atoms with Crippen molar-refractivity contribution in [1.29, 1.82) is 0 Å². The summed E-state index contributed by atoms with van der Waals surface area (Å²) in [6.07, 6.45) is 12.4. The highest BCUT2D eigenvalue weighted by atomic mass is 32.3. The van der Waals surface area contributed by atoms with E-state index < -0.39 is 18.8 Å². The van der Waals surface area contributed by atoms with Crippen LogP contribution < -0.4 is 0 Å². The maximum absolute atomic E-state index is 12.5. The molecule has 0 aromatic carbocycles. The Hall–Kier alpha value is 0.0569. The maximum atomic E-state index is 12.5. The number of hydrogen-bond acceptors (Lipinski definition) is 3. The van der Waals surface area contributed by atoms with Crippen molar-refractivity contribution < 1.29 is 16.2 Å². The van der Waals surface area contributed by atoms with Gasteiger partial charge in [-0.2, -0.15) is 8.42 Å². The third kappa shape index (κ3) is 14.5. The van der Waals surface area contributed by atoms with Gasteiger partial charge in [-0.25, -0.2) is 0 Å². The van der Waals surface area contributed by atoms with Gasteiger partial charge < -0.3 is 0 Å². The molecule has 0 N–H and O–H groups in total. The number of halogens is 1. The van der Waals surface area contributed by atoms with Crippen molar-refractivity contribution in [2.45, 2.75) is 90.3 Å². The van der Waals surface area contributed by atoms with Crippen LogP contribution in [0.4, 0.5) is 3.89 Å². The first-order chi connectivity index (χ1) is 9.27. The second-order valence-electron chi connectivity index (χ2n) is 6.17. The summed E-state index contributed by atoms with van der Waals surface area (Å²) in [5.74, 6) is 0. The predicted octanol–water partition coefficient (Wildman–Crippen LogP) is 5.34. The Labute approximate surface area is 125 Å². The fourth-order valence-electron chi connectivity index (χ4n) is 2.35. The molecule has 0 heterocycles. The zero-order valence-electron chi connectivity index (χ0n) is 13.3. The molecule has 6 heteroatoms. The van der Waals surface area contributed by atoms with E-state index in [1.807, 2.05) is 0 Å². The molecule has 0 saturated heterocycles. The van der Waals surface area contributed by atoms with Crippen molar-refractivity contribution in [3.05, 3.63) is 0 Å². The van der Waals surface area contributed by atoms with Crippen LogP contribution in [0.5, 0.6) is 0 Å². The molecule has 0 spiro atoms. The summed E-state index contributed by atoms with van der Waals surface area (Å²) in [6.45, 7) is 5.72. The Bertz CT molecular complexity index is 331. The number of unbranched alkanes of at least 4 members (excludes halogenated alkanes) is 9. The quantitative estimate of drug-likeness (QED) is 0.260. The zero-order valence-corrected chi connectivity index (χ0v) is 15.1. The lowest BCUT2D eigenvalue weighted by Gasteiger charge is -2.18. The van der Waals surface area contributed by atoms with E-state index in [0.29, 0.717) is 6.04 Å². The first-order valence-electron chi connectivity index (χ1n) is 7.92. The maximum Gasteiger partial charge on any atom is 0.427 e. The van der Waals surface area contributed by atoms with E-state index in [-0.39, 0.29) is 0 Å². The van der Waals surface area contributed by atoms with Crippen molar-refractivity contribution in [1.82, 2.24) is 0 Å². The molecule has 0 bridgehead atoms. The van der Waals surface area contributed by atoms with E-state index in [1.165, 1.54) is 51.4 Å². The normalized spacial score (nSPS) is 12.8. The van der Waals surface area contributed by atoms with Gasteiger partial charge in [0.2, 0.25) is 8.32 Å². The van der Waals surface area contributed by atoms with Crippen molar-refractivity contribution in [2.24, 2.45) is 0 Å². The van der Waals surface area contributed by atoms with E-state index in [9.17, 15) is 12.3 Å². The van der Waals surface area contributed by atoms with Gasteiger partial charge in [-0.1, -0.05) is 75.0 Å². The second-order valence-corrected chi connectivity index (χ2v) is 11.6. The summed E-state index contributed by atoms with van der Waals surface area (Å²) < 4.78 is 38.0. The van der Waals surface area contributed by atoms with E-state index in [4.69, 9.17) is 0 Å². The van der Waals surface area contributed by atoms with Crippen LogP contribution in [0, 0.1) is 0 Å². The van der Waals surface area contributed by atoms with Crippen LogP contribution in [0.1, 0.15) is 71.1 Å². The Balaban J connectivity index is 3.43. The molecule has 0 fully saturated rings. The van der Waals surface area contributed by atoms with E-state index in [0.717, 1.165) is 12.8 Å². The van der Waals surface area contributed by atoms with Gasteiger partial charge in [-0.15, -0.1) is 0 Å². The Morgan fingerprint density at radius 2 is 1.25 bits per heavy atom. The van der Waals surface area contributed by atoms with Crippen molar-refractivity contribution in [3.63, 3.8) is 0 Å². The van der Waals surface area contributed by atoms with Gasteiger partial charge in [0.1, 0.15) is 0 Å². The molecule has 122 valence electrons. The monoisotopic (exact) mass is 326 g/mol. The SMILES string of the molecule is CCCCCCCCCCCC[Si](C)(C)OS(=O)(=O)F. The molecule has 0 aromatic heterocycles. The molecule has 0 saturated carbocycles. The highest BCUT2D eigenvalue weighted by molar-refractivity contribution is 7.82. The summed E-state index contributed by atoms with van der Waals surface area (Å²) in [7, 11) is -7.17. The van der Waals surface area contributed by atoms with Gasteiger partial charge in [0.15, 0.2) is 0 Å². The van der Waals surface area contributed by atoms with Gasteiger partial charge in [0.25, 0.3) is 0 Å². The van der Waals surface area contributed by atoms with Crippen LogP contribution in [0.3, 0.4) is 0 Å². The van der Waals surface area contributed by atoms with Gasteiger partial charge in [0, 0.05) is 0 Å². The summed E-state index contributed by atoms with van der Waals surface area (Å²) in [5.41, 5.74) is 0. The van der Waals surface area contributed by atoms with E-state index >= 15 is 0 Å². The first-order valence-corrected chi connectivity index (χ1v) is 12.3. The van der Waals surface area contributed by atoms with Crippen LogP contribution >= 0.6 is 0 Å². The summed E-state index contributed by atoms with van der Waals surface area (Å²) in [5, 5.41) is 0. The van der Waals surface area contributed by atoms with Gasteiger partial charge in [-0.05, 0) is 19.1 Å². The standard InChI is InChI=1S/C14H31FO3SSi/c1-4-5-6-7-8-9-10-11-12-13-14-20(2,3)18-19(15,16)17/h4-14H2,1-3H3. The van der Waals surface area contributed by atoms with Crippen LogP contribution in [0.2, 0.25) is 19.1 Å². The third-order valence-electron chi connectivity index (χ3n) is 3.46. The van der Waals surface area contributed by atoms with E-state index in [2.05, 4.69) is 10.8 Å². The van der Waals surface area contributed by atoms with Crippen molar-refractivity contribution >= 4 is 18.8 Å². The largest absolute Gasteiger partial charge is 0.427 e. The fourth-order valence-corrected chi connectivity index (χ4v) is 5.94. The molecular weight excluding hydrogens is 295 g/mol. The Kier molecular flexibility index (Phi) is 10.8. The molecule has 20 heavy (non-hydrogen) atoms.